The number of aliphatic imine (C=N–C) groups is 1. The van der Waals surface area contributed by atoms with Crippen LogP contribution in [0.5, 0.6) is 0 Å². The van der Waals surface area contributed by atoms with Crippen molar-refractivity contribution in [2.24, 2.45) is 4.99 Å². The molecule has 1 aliphatic rings. The molecule has 0 radical (unpaired) electrons. The average molecular weight is 277 g/mol. The number of H-pyrrole nitrogens is 1. The molecule has 0 spiro atoms. The first-order valence-electron chi connectivity index (χ1n) is 4.86. The Kier molecular flexibility index (Phi) is 2.50. The van der Waals surface area contributed by atoms with Crippen LogP contribution in [0.1, 0.15) is 16.0 Å². The number of benzene rings is 1. The van der Waals surface area contributed by atoms with Gasteiger partial charge in [-0.15, -0.1) is 24.0 Å². The zero-order valence-electron chi connectivity index (χ0n) is 8.52. The van der Waals surface area contributed by atoms with Gasteiger partial charge in [0.05, 0.1) is 15.6 Å². The molecule has 0 saturated carbocycles. The van der Waals surface area contributed by atoms with Crippen molar-refractivity contribution in [1.82, 2.24) is 4.98 Å². The molecule has 1 aromatic heterocycles. The summed E-state index contributed by atoms with van der Waals surface area (Å²) in [5, 5.41) is 8.55. The van der Waals surface area contributed by atoms with Gasteiger partial charge in [0, 0.05) is 11.1 Å². The number of nitrogens with zero attached hydrogens (tertiary/aromatic N) is 1. The van der Waals surface area contributed by atoms with Gasteiger partial charge in [-0.3, -0.25) is 5.41 Å². The van der Waals surface area contributed by atoms with Crippen molar-refractivity contribution in [3.63, 3.8) is 0 Å². The lowest BCUT2D eigenvalue weighted by atomic mass is 10.1. The second-order valence-electron chi connectivity index (χ2n) is 3.55. The number of amidine groups is 1. The zero-order valence-corrected chi connectivity index (χ0v) is 11.0. The molecule has 0 unspecified atom stereocenters. The van der Waals surface area contributed by atoms with Crippen LogP contribution in [0.2, 0.25) is 0 Å². The SMILES string of the molecule is N=C1N=C(c2sc(=S)[nH]c2S)c2ccccc21. The summed E-state index contributed by atoms with van der Waals surface area (Å²) in [6.45, 7) is 0. The van der Waals surface area contributed by atoms with Crippen LogP contribution in [0.4, 0.5) is 0 Å². The summed E-state index contributed by atoms with van der Waals surface area (Å²) < 4.78 is 0.670. The van der Waals surface area contributed by atoms with Gasteiger partial charge in [0.2, 0.25) is 0 Å². The van der Waals surface area contributed by atoms with E-state index in [1.54, 1.807) is 0 Å². The van der Waals surface area contributed by atoms with E-state index in [9.17, 15) is 0 Å². The predicted octanol–water partition coefficient (Wildman–Crippen LogP) is 3.27. The highest BCUT2D eigenvalue weighted by Crippen LogP contribution is 2.28. The van der Waals surface area contributed by atoms with Crippen molar-refractivity contribution in [1.29, 1.82) is 5.41 Å². The van der Waals surface area contributed by atoms with Gasteiger partial charge in [-0.1, -0.05) is 24.3 Å². The van der Waals surface area contributed by atoms with E-state index in [4.69, 9.17) is 17.6 Å². The van der Waals surface area contributed by atoms with Crippen molar-refractivity contribution in [3.8, 4) is 0 Å². The molecule has 6 heteroatoms. The molecule has 0 saturated heterocycles. The van der Waals surface area contributed by atoms with Gasteiger partial charge >= 0.3 is 0 Å². The van der Waals surface area contributed by atoms with E-state index in [1.165, 1.54) is 11.3 Å². The molecule has 0 aliphatic carbocycles. The zero-order chi connectivity index (χ0) is 12.0. The van der Waals surface area contributed by atoms with E-state index in [0.29, 0.717) is 14.8 Å². The maximum atomic E-state index is 7.84. The monoisotopic (exact) mass is 277 g/mol. The van der Waals surface area contributed by atoms with Crippen LogP contribution >= 0.6 is 36.2 Å². The summed E-state index contributed by atoms with van der Waals surface area (Å²) in [7, 11) is 0. The molecule has 1 aliphatic heterocycles. The number of aromatic nitrogens is 1. The Labute approximate surface area is 112 Å². The minimum absolute atomic E-state index is 0.294. The van der Waals surface area contributed by atoms with Crippen LogP contribution in [-0.2, 0) is 0 Å². The maximum Gasteiger partial charge on any atom is 0.159 e. The largest absolute Gasteiger partial charge is 0.332 e. The summed E-state index contributed by atoms with van der Waals surface area (Å²) in [4.78, 5) is 8.17. The molecule has 0 fully saturated rings. The summed E-state index contributed by atoms with van der Waals surface area (Å²) in [5.74, 6) is 0.294. The van der Waals surface area contributed by atoms with Crippen molar-refractivity contribution >= 4 is 47.7 Å². The molecule has 0 atom stereocenters. The Morgan fingerprint density at radius 1 is 1.29 bits per heavy atom. The van der Waals surface area contributed by atoms with Gasteiger partial charge in [0.15, 0.2) is 9.79 Å². The second kappa shape index (κ2) is 3.90. The Morgan fingerprint density at radius 3 is 2.65 bits per heavy atom. The van der Waals surface area contributed by atoms with Crippen molar-refractivity contribution in [2.45, 2.75) is 5.03 Å². The highest BCUT2D eigenvalue weighted by molar-refractivity contribution is 7.80. The Balaban J connectivity index is 2.25. The molecular weight excluding hydrogens is 270 g/mol. The summed E-state index contributed by atoms with van der Waals surface area (Å²) in [6.07, 6.45) is 0. The smallest absolute Gasteiger partial charge is 0.159 e. The average Bonchev–Trinajstić information content (AvgIpc) is 2.80. The topological polar surface area (TPSA) is 52.0 Å². The molecule has 1 aromatic carbocycles. The van der Waals surface area contributed by atoms with Crippen LogP contribution in [-0.4, -0.2) is 16.5 Å². The quantitative estimate of drug-likeness (QED) is 0.544. The molecular formula is C11H7N3S3. The van der Waals surface area contributed by atoms with Gasteiger partial charge in [-0.2, -0.15) is 0 Å². The minimum atomic E-state index is 0.294. The number of hydrogen-bond donors (Lipinski definition) is 3. The number of nitrogens with one attached hydrogen (secondary N) is 2. The summed E-state index contributed by atoms with van der Waals surface area (Å²) in [6, 6.07) is 7.72. The van der Waals surface area contributed by atoms with Gasteiger partial charge in [-0.05, 0) is 12.2 Å². The van der Waals surface area contributed by atoms with E-state index in [1.807, 2.05) is 24.3 Å². The minimum Gasteiger partial charge on any atom is -0.332 e. The van der Waals surface area contributed by atoms with Crippen LogP contribution in [0.25, 0.3) is 0 Å². The summed E-state index contributed by atoms with van der Waals surface area (Å²) in [5.41, 5.74) is 2.61. The fraction of sp³-hybridized carbons (Fsp3) is 0. The molecule has 84 valence electrons. The van der Waals surface area contributed by atoms with Crippen LogP contribution in [0.15, 0.2) is 34.3 Å². The van der Waals surface area contributed by atoms with Gasteiger partial charge < -0.3 is 4.98 Å². The van der Waals surface area contributed by atoms with E-state index in [-0.39, 0.29) is 0 Å². The normalized spacial score (nSPS) is 13.7. The van der Waals surface area contributed by atoms with Crippen LogP contribution in [0, 0.1) is 9.36 Å². The third kappa shape index (κ3) is 1.69. The molecule has 3 rings (SSSR count). The van der Waals surface area contributed by atoms with Crippen molar-refractivity contribution in [2.75, 3.05) is 0 Å². The number of hydrogen-bond acceptors (Lipinski definition) is 4. The van der Waals surface area contributed by atoms with E-state index in [0.717, 1.165) is 21.7 Å². The molecule has 2 heterocycles. The summed E-state index contributed by atoms with van der Waals surface area (Å²) >= 11 is 10.9. The lowest BCUT2D eigenvalue weighted by Crippen LogP contribution is -1.98. The van der Waals surface area contributed by atoms with Crippen molar-refractivity contribution in [3.05, 3.63) is 44.2 Å². The number of thiazole rings is 1. The van der Waals surface area contributed by atoms with Gasteiger partial charge in [0.1, 0.15) is 0 Å². The molecule has 2 N–H and O–H groups in total. The molecule has 0 bridgehead atoms. The van der Waals surface area contributed by atoms with Crippen LogP contribution in [0.3, 0.4) is 0 Å². The number of aromatic amines is 1. The molecule has 3 nitrogen and oxygen atoms in total. The first-order valence-corrected chi connectivity index (χ1v) is 6.53. The first-order chi connectivity index (χ1) is 8.16. The highest BCUT2D eigenvalue weighted by Gasteiger charge is 2.23. The van der Waals surface area contributed by atoms with Crippen LogP contribution < -0.4 is 0 Å². The van der Waals surface area contributed by atoms with Crippen molar-refractivity contribution < 1.29 is 0 Å². The Hall–Kier alpha value is -1.24. The Morgan fingerprint density at radius 2 is 2.00 bits per heavy atom. The molecule has 17 heavy (non-hydrogen) atoms. The lowest BCUT2D eigenvalue weighted by molar-refractivity contribution is 1.19. The fourth-order valence-corrected chi connectivity index (χ4v) is 3.38. The second-order valence-corrected chi connectivity index (χ2v) is 5.68. The maximum absolute atomic E-state index is 7.84. The standard InChI is InChI=1S/C11H7N3S3/c12-9-6-4-2-1-3-5(6)7(13-9)8-10(15)14-11(16)17-8/h1-4,12,15H,(H,14,16). The predicted molar refractivity (Wildman–Crippen MR) is 75.7 cm³/mol. The molecule has 0 amide bonds. The van der Waals surface area contributed by atoms with E-state index in [2.05, 4.69) is 22.6 Å². The number of fused-ring (bicyclic) bond motifs is 1. The third-order valence-electron chi connectivity index (χ3n) is 2.51. The molecule has 2 aromatic rings. The van der Waals surface area contributed by atoms with E-state index >= 15 is 0 Å². The number of rotatable bonds is 1. The van der Waals surface area contributed by atoms with Gasteiger partial charge in [0.25, 0.3) is 0 Å². The van der Waals surface area contributed by atoms with Gasteiger partial charge in [-0.25, -0.2) is 4.99 Å². The first kappa shape index (κ1) is 10.9. The fourth-order valence-electron chi connectivity index (χ4n) is 1.78. The number of thiol groups is 1. The third-order valence-corrected chi connectivity index (χ3v) is 4.23. The lowest BCUT2D eigenvalue weighted by Gasteiger charge is -2.00. The Bertz CT molecular complexity index is 709. The van der Waals surface area contributed by atoms with E-state index < -0.39 is 0 Å². The highest BCUT2D eigenvalue weighted by atomic mass is 32.1.